The first-order valence-corrected chi connectivity index (χ1v) is 28.7. The van der Waals surface area contributed by atoms with E-state index in [1.54, 1.807) is 63.3 Å². The molecule has 23 heteroatoms. The van der Waals surface area contributed by atoms with Crippen molar-refractivity contribution in [3.8, 4) is 34.3 Å². The Kier molecular flexibility index (Phi) is 15.6. The number of ether oxygens (including phenoxy) is 3. The van der Waals surface area contributed by atoms with Gasteiger partial charge in [-0.2, -0.15) is 0 Å². The molecule has 410 valence electrons. The maximum Gasteiger partial charge on any atom is 0.275 e. The van der Waals surface area contributed by atoms with E-state index in [0.29, 0.717) is 36.7 Å². The zero-order valence-electron chi connectivity index (χ0n) is 44.7. The number of aromatic nitrogens is 9. The Labute approximate surface area is 482 Å². The zero-order valence-corrected chi connectivity index (χ0v) is 48.7. The Morgan fingerprint density at radius 1 is 0.556 bits per heavy atom. The maximum absolute atomic E-state index is 13.2. The molecule has 0 unspecified atom stereocenters. The van der Waals surface area contributed by atoms with Gasteiger partial charge in [0.05, 0.1) is 76.1 Å². The van der Waals surface area contributed by atoms with E-state index in [-0.39, 0.29) is 16.7 Å². The number of hydrogen-bond donors (Lipinski definition) is 4. The molecule has 81 heavy (non-hydrogen) atoms. The largest absolute Gasteiger partial charge is 0.497 e. The SMILES string of the molecule is C=Cc1cnc2sc3c(=O)n(-c4ccc(OC)cc4)cnc3c2c1NC.CNc1c(Br)cnc2sc3c(=O)n(-c4ccc(OC)cc4)cnc3c12.CNc1c(CNC2CCC2)cnc2sc3c(=O)n(-c4ccc(OC)cc4)cnc3c12. The third kappa shape index (κ3) is 10.1. The lowest BCUT2D eigenvalue weighted by Gasteiger charge is -2.27. The fourth-order valence-corrected chi connectivity index (χ4v) is 13.2. The van der Waals surface area contributed by atoms with Gasteiger partial charge in [-0.15, -0.1) is 34.0 Å². The highest BCUT2D eigenvalue weighted by Crippen LogP contribution is 2.40. The van der Waals surface area contributed by atoms with E-state index in [1.807, 2.05) is 100 Å². The lowest BCUT2D eigenvalue weighted by atomic mass is 9.93. The molecule has 0 spiro atoms. The summed E-state index contributed by atoms with van der Waals surface area (Å²) in [6.45, 7) is 4.58. The predicted octanol–water partition coefficient (Wildman–Crippen LogP) is 11.2. The van der Waals surface area contributed by atoms with E-state index >= 15 is 0 Å². The third-order valence-electron chi connectivity index (χ3n) is 14.0. The van der Waals surface area contributed by atoms with Gasteiger partial charge in [0.25, 0.3) is 16.7 Å². The van der Waals surface area contributed by atoms with Crippen LogP contribution in [0.4, 0.5) is 17.1 Å². The van der Waals surface area contributed by atoms with E-state index in [1.165, 1.54) is 62.4 Å². The minimum atomic E-state index is -0.120. The van der Waals surface area contributed by atoms with Crippen LogP contribution in [0.2, 0.25) is 0 Å². The van der Waals surface area contributed by atoms with Gasteiger partial charge >= 0.3 is 0 Å². The molecule has 4 N–H and O–H groups in total. The molecular formula is C58H52BrN13O6S3. The summed E-state index contributed by atoms with van der Waals surface area (Å²) in [5.41, 5.74) is 8.63. The van der Waals surface area contributed by atoms with Gasteiger partial charge in [0.15, 0.2) is 0 Å². The molecular weight excluding hydrogens is 1150 g/mol. The van der Waals surface area contributed by atoms with E-state index in [2.05, 4.69) is 73.7 Å². The number of pyridine rings is 3. The first-order chi connectivity index (χ1) is 39.5. The minimum absolute atomic E-state index is 0.0932. The molecule has 13 rings (SSSR count). The number of nitrogens with one attached hydrogen (secondary N) is 4. The molecule has 0 bridgehead atoms. The van der Waals surface area contributed by atoms with Gasteiger partial charge in [0.2, 0.25) is 0 Å². The molecule has 19 nitrogen and oxygen atoms in total. The van der Waals surface area contributed by atoms with Crippen molar-refractivity contribution >= 4 is 134 Å². The molecule has 1 aliphatic rings. The number of nitrogens with zero attached hydrogens (tertiary/aromatic N) is 9. The number of thiophene rings is 3. The van der Waals surface area contributed by atoms with Crippen molar-refractivity contribution in [1.29, 1.82) is 0 Å². The van der Waals surface area contributed by atoms with Crippen molar-refractivity contribution in [3.05, 3.63) is 164 Å². The highest BCUT2D eigenvalue weighted by molar-refractivity contribution is 9.10. The normalized spacial score (nSPS) is 12.2. The molecule has 1 saturated carbocycles. The quantitative estimate of drug-likeness (QED) is 0.0843. The first kappa shape index (κ1) is 54.4. The average molecular weight is 1200 g/mol. The van der Waals surface area contributed by atoms with Crippen LogP contribution in [-0.4, -0.2) is 92.1 Å². The second-order valence-electron chi connectivity index (χ2n) is 18.4. The second-order valence-corrected chi connectivity index (χ2v) is 22.3. The van der Waals surface area contributed by atoms with Crippen LogP contribution in [0.1, 0.15) is 30.4 Å². The molecule has 1 aliphatic carbocycles. The van der Waals surface area contributed by atoms with E-state index in [4.69, 9.17) is 14.2 Å². The Hall–Kier alpha value is -8.61. The molecule has 0 aliphatic heterocycles. The Morgan fingerprint density at radius 2 is 0.938 bits per heavy atom. The molecule has 0 saturated heterocycles. The lowest BCUT2D eigenvalue weighted by Crippen LogP contribution is -2.34. The Balaban J connectivity index is 0.000000128. The molecule has 0 amide bonds. The van der Waals surface area contributed by atoms with Crippen LogP contribution in [0.15, 0.2) is 136 Å². The van der Waals surface area contributed by atoms with Crippen LogP contribution in [0.25, 0.3) is 84.4 Å². The number of methoxy groups -OCH3 is 3. The molecule has 9 aromatic heterocycles. The topological polar surface area (TPSA) is 219 Å². The van der Waals surface area contributed by atoms with E-state index in [9.17, 15) is 14.4 Å². The minimum Gasteiger partial charge on any atom is -0.497 e. The summed E-state index contributed by atoms with van der Waals surface area (Å²) in [5, 5.41) is 15.9. The number of anilines is 3. The van der Waals surface area contributed by atoms with Gasteiger partial charge in [-0.25, -0.2) is 29.9 Å². The molecule has 1 fully saturated rings. The van der Waals surface area contributed by atoms with Gasteiger partial charge in [0.1, 0.15) is 81.4 Å². The predicted molar refractivity (Wildman–Crippen MR) is 332 cm³/mol. The van der Waals surface area contributed by atoms with Crippen molar-refractivity contribution < 1.29 is 14.2 Å². The summed E-state index contributed by atoms with van der Waals surface area (Å²) < 4.78 is 22.8. The molecule has 0 radical (unpaired) electrons. The first-order valence-electron chi connectivity index (χ1n) is 25.5. The van der Waals surface area contributed by atoms with Crippen molar-refractivity contribution in [2.24, 2.45) is 0 Å². The van der Waals surface area contributed by atoms with E-state index in [0.717, 1.165) is 104 Å². The van der Waals surface area contributed by atoms with Gasteiger partial charge in [-0.05, 0) is 102 Å². The fourth-order valence-electron chi connectivity index (χ4n) is 9.55. The number of benzene rings is 3. The van der Waals surface area contributed by atoms with Crippen molar-refractivity contribution in [2.45, 2.75) is 31.8 Å². The van der Waals surface area contributed by atoms with Crippen LogP contribution in [0.5, 0.6) is 17.2 Å². The molecule has 9 heterocycles. The number of fused-ring (bicyclic) bond motifs is 9. The van der Waals surface area contributed by atoms with E-state index < -0.39 is 0 Å². The van der Waals surface area contributed by atoms with Gasteiger partial charge in [0, 0.05) is 63.4 Å². The smallest absolute Gasteiger partial charge is 0.275 e. The van der Waals surface area contributed by atoms with Crippen LogP contribution in [-0.2, 0) is 6.54 Å². The second kappa shape index (κ2) is 23.2. The number of halogens is 1. The van der Waals surface area contributed by atoms with Gasteiger partial charge < -0.3 is 35.5 Å². The summed E-state index contributed by atoms with van der Waals surface area (Å²) in [6, 6.07) is 22.5. The average Bonchev–Trinajstić information content (AvgIpc) is 4.13. The van der Waals surface area contributed by atoms with Crippen LogP contribution in [0.3, 0.4) is 0 Å². The molecule has 12 aromatic rings. The Bertz CT molecular complexity index is 4540. The van der Waals surface area contributed by atoms with Crippen LogP contribution >= 0.6 is 49.9 Å². The van der Waals surface area contributed by atoms with Gasteiger partial charge in [-0.1, -0.05) is 19.1 Å². The highest BCUT2D eigenvalue weighted by atomic mass is 79.9. The zero-order chi connectivity index (χ0) is 56.5. The monoisotopic (exact) mass is 1200 g/mol. The summed E-state index contributed by atoms with van der Waals surface area (Å²) >= 11 is 7.58. The van der Waals surface area contributed by atoms with Crippen LogP contribution < -0.4 is 52.2 Å². The summed E-state index contributed by atoms with van der Waals surface area (Å²) in [6.07, 6.45) is 15.6. The number of rotatable bonds is 13. The summed E-state index contributed by atoms with van der Waals surface area (Å²) in [4.78, 5) is 68.9. The number of hydrogen-bond acceptors (Lipinski definition) is 19. The van der Waals surface area contributed by atoms with Crippen molar-refractivity contribution in [2.75, 3.05) is 58.4 Å². The standard InChI is InChI=1S/C22H23N5O2S.C19H16N4O2S.C17H13BrN4O2S/c1-23-18-13(10-24-14-4-3-5-14)11-25-21-17(18)19-20(30-21)22(28)27(12-26-19)15-6-8-16(29-2)9-7-15;1-4-11-9-21-18-14(15(11)20-2)16-17(26-18)19(24)23(10-22-16)12-5-7-13(25-3)8-6-12;1-19-13-11(18)7-20-16-12(13)14-15(25-16)17(23)22(8-21-14)9-3-5-10(24-2)6-4-9/h6-9,11-12,14,24H,3-5,10H2,1-2H3,(H,23,25);4-10H,1H2,2-3H3,(H,20,21);3-8H,1-2H3,(H,19,20). The lowest BCUT2D eigenvalue weighted by molar-refractivity contribution is 0.338. The van der Waals surface area contributed by atoms with Crippen LogP contribution in [0, 0.1) is 0 Å². The highest BCUT2D eigenvalue weighted by Gasteiger charge is 2.23. The molecule has 3 aromatic carbocycles. The third-order valence-corrected chi connectivity index (χ3v) is 17.8. The van der Waals surface area contributed by atoms with Crippen molar-refractivity contribution in [3.63, 3.8) is 0 Å². The Morgan fingerprint density at radius 3 is 1.31 bits per heavy atom. The van der Waals surface area contributed by atoms with Crippen molar-refractivity contribution in [1.82, 2.24) is 48.9 Å². The fraction of sp³-hybridized carbons (Fsp3) is 0.190. The molecule has 0 atom stereocenters. The summed E-state index contributed by atoms with van der Waals surface area (Å²) in [7, 11) is 10.4. The van der Waals surface area contributed by atoms with Gasteiger partial charge in [-0.3, -0.25) is 28.1 Å². The maximum atomic E-state index is 13.2. The summed E-state index contributed by atoms with van der Waals surface area (Å²) in [5.74, 6) is 2.21.